The lowest BCUT2D eigenvalue weighted by Crippen LogP contribution is -2.07. The van der Waals surface area contributed by atoms with Gasteiger partial charge in [0.25, 0.3) is 0 Å². The summed E-state index contributed by atoms with van der Waals surface area (Å²) in [5, 5.41) is 3.49. The minimum Gasteiger partial charge on any atom is -0.298 e. The molecule has 1 aromatic heterocycles. The van der Waals surface area contributed by atoms with E-state index in [1.54, 1.807) is 6.08 Å². The van der Waals surface area contributed by atoms with Crippen molar-refractivity contribution in [3.63, 3.8) is 0 Å². The van der Waals surface area contributed by atoms with Crippen LogP contribution in [0.4, 0.5) is 5.13 Å². The maximum absolute atomic E-state index is 12.2. The van der Waals surface area contributed by atoms with E-state index in [9.17, 15) is 4.79 Å². The van der Waals surface area contributed by atoms with E-state index in [1.807, 2.05) is 18.2 Å². The van der Waals surface area contributed by atoms with E-state index in [-0.39, 0.29) is 5.91 Å². The van der Waals surface area contributed by atoms with Crippen molar-refractivity contribution >= 4 is 38.7 Å². The highest BCUT2D eigenvalue weighted by molar-refractivity contribution is 7.22. The first-order chi connectivity index (χ1) is 11.9. The normalized spacial score (nSPS) is 11.6. The number of fused-ring (bicyclic) bond motifs is 1. The van der Waals surface area contributed by atoms with Crippen molar-refractivity contribution in [1.82, 2.24) is 4.98 Å². The van der Waals surface area contributed by atoms with Crippen LogP contribution in [0.1, 0.15) is 42.0 Å². The Morgan fingerprint density at radius 3 is 2.52 bits per heavy atom. The van der Waals surface area contributed by atoms with Crippen LogP contribution in [0.3, 0.4) is 0 Å². The van der Waals surface area contributed by atoms with E-state index in [1.165, 1.54) is 22.5 Å². The molecule has 0 fully saturated rings. The van der Waals surface area contributed by atoms with Gasteiger partial charge >= 0.3 is 0 Å². The van der Waals surface area contributed by atoms with E-state index in [2.05, 4.69) is 62.3 Å². The summed E-state index contributed by atoms with van der Waals surface area (Å²) in [5.41, 5.74) is 5.64. The molecule has 3 rings (SSSR count). The van der Waals surface area contributed by atoms with Crippen LogP contribution < -0.4 is 5.32 Å². The highest BCUT2D eigenvalue weighted by atomic mass is 32.1. The molecule has 1 N–H and O–H groups in total. The standard InChI is InChI=1S/C21H22N2OS/c1-13(2)17-9-6-16(7-10-17)8-12-19(24)22-21-23-20-15(4)14(3)5-11-18(20)25-21/h5-13H,1-4H3,(H,22,23,24)/b12-8+. The number of carbonyl (C=O) groups is 1. The molecule has 0 spiro atoms. The fourth-order valence-corrected chi connectivity index (χ4v) is 3.52. The number of hydrogen-bond donors (Lipinski definition) is 1. The first-order valence-electron chi connectivity index (χ1n) is 8.40. The number of amides is 1. The molecule has 0 atom stereocenters. The van der Waals surface area contributed by atoms with Gasteiger partial charge in [-0.25, -0.2) is 4.98 Å². The Bertz CT molecular complexity index is 936. The van der Waals surface area contributed by atoms with Gasteiger partial charge < -0.3 is 0 Å². The molecular weight excluding hydrogens is 328 g/mol. The minimum atomic E-state index is -0.165. The number of nitrogens with zero attached hydrogens (tertiary/aromatic N) is 1. The number of carbonyl (C=O) groups excluding carboxylic acids is 1. The Balaban J connectivity index is 1.71. The summed E-state index contributed by atoms with van der Waals surface area (Å²) < 4.78 is 1.09. The number of rotatable bonds is 4. The average Bonchev–Trinajstić information content (AvgIpc) is 3.00. The Hall–Kier alpha value is -2.46. The van der Waals surface area contributed by atoms with Gasteiger partial charge in [-0.05, 0) is 54.2 Å². The number of aromatic nitrogens is 1. The van der Waals surface area contributed by atoms with Crippen molar-refractivity contribution in [2.45, 2.75) is 33.6 Å². The van der Waals surface area contributed by atoms with Crippen LogP contribution in [0, 0.1) is 13.8 Å². The quantitative estimate of drug-likeness (QED) is 0.614. The predicted octanol–water partition coefficient (Wildman–Crippen LogP) is 5.69. The molecule has 25 heavy (non-hydrogen) atoms. The van der Waals surface area contributed by atoms with Crippen LogP contribution in [0.15, 0.2) is 42.5 Å². The fourth-order valence-electron chi connectivity index (χ4n) is 2.59. The third kappa shape index (κ3) is 3.97. The molecule has 1 amide bonds. The second-order valence-electron chi connectivity index (χ2n) is 6.52. The Morgan fingerprint density at radius 2 is 1.84 bits per heavy atom. The maximum Gasteiger partial charge on any atom is 0.250 e. The number of aryl methyl sites for hydroxylation is 2. The van der Waals surface area contributed by atoms with Gasteiger partial charge in [0.15, 0.2) is 5.13 Å². The van der Waals surface area contributed by atoms with Gasteiger partial charge in [-0.3, -0.25) is 10.1 Å². The number of anilines is 1. The van der Waals surface area contributed by atoms with Crippen LogP contribution in [0.25, 0.3) is 16.3 Å². The van der Waals surface area contributed by atoms with E-state index >= 15 is 0 Å². The maximum atomic E-state index is 12.2. The third-order valence-electron chi connectivity index (χ3n) is 4.35. The molecule has 0 saturated heterocycles. The molecule has 0 saturated carbocycles. The molecule has 0 aliphatic rings. The van der Waals surface area contributed by atoms with Crippen molar-refractivity contribution in [2.75, 3.05) is 5.32 Å². The smallest absolute Gasteiger partial charge is 0.250 e. The molecule has 3 nitrogen and oxygen atoms in total. The summed E-state index contributed by atoms with van der Waals surface area (Å²) in [5.74, 6) is 0.342. The third-order valence-corrected chi connectivity index (χ3v) is 5.28. The fraction of sp³-hybridized carbons (Fsp3) is 0.238. The summed E-state index contributed by atoms with van der Waals surface area (Å²) >= 11 is 1.50. The topological polar surface area (TPSA) is 42.0 Å². The number of benzene rings is 2. The molecular formula is C21H22N2OS. The van der Waals surface area contributed by atoms with Crippen LogP contribution in [-0.2, 0) is 4.79 Å². The lowest BCUT2D eigenvalue weighted by molar-refractivity contribution is -0.111. The van der Waals surface area contributed by atoms with Crippen molar-refractivity contribution in [3.05, 3.63) is 64.7 Å². The average molecular weight is 350 g/mol. The van der Waals surface area contributed by atoms with Gasteiger partial charge in [0.05, 0.1) is 10.2 Å². The molecule has 1 heterocycles. The molecule has 0 aliphatic carbocycles. The summed E-state index contributed by atoms with van der Waals surface area (Å²) in [7, 11) is 0. The molecule has 0 radical (unpaired) electrons. The van der Waals surface area contributed by atoms with E-state index in [4.69, 9.17) is 0 Å². The lowest BCUT2D eigenvalue weighted by atomic mass is 10.0. The lowest BCUT2D eigenvalue weighted by Gasteiger charge is -2.04. The van der Waals surface area contributed by atoms with Crippen LogP contribution in [0.5, 0.6) is 0 Å². The highest BCUT2D eigenvalue weighted by Crippen LogP contribution is 2.29. The van der Waals surface area contributed by atoms with Crippen molar-refractivity contribution in [1.29, 1.82) is 0 Å². The first kappa shape index (κ1) is 17.4. The van der Waals surface area contributed by atoms with Crippen LogP contribution in [-0.4, -0.2) is 10.9 Å². The minimum absolute atomic E-state index is 0.165. The molecule has 0 aliphatic heterocycles. The van der Waals surface area contributed by atoms with Gasteiger partial charge in [0.1, 0.15) is 0 Å². The van der Waals surface area contributed by atoms with Crippen LogP contribution in [0.2, 0.25) is 0 Å². The number of nitrogens with one attached hydrogen (secondary N) is 1. The Labute approximate surface area is 152 Å². The first-order valence-corrected chi connectivity index (χ1v) is 9.21. The van der Waals surface area contributed by atoms with Crippen LogP contribution >= 0.6 is 11.3 Å². The molecule has 128 valence electrons. The SMILES string of the molecule is Cc1ccc2sc(NC(=O)/C=C/c3ccc(C(C)C)cc3)nc2c1C. The van der Waals surface area contributed by atoms with E-state index in [0.717, 1.165) is 21.3 Å². The van der Waals surface area contributed by atoms with Gasteiger partial charge in [-0.15, -0.1) is 0 Å². The zero-order valence-corrected chi connectivity index (χ0v) is 15.8. The van der Waals surface area contributed by atoms with Gasteiger partial charge in [-0.2, -0.15) is 0 Å². The Morgan fingerprint density at radius 1 is 1.12 bits per heavy atom. The molecule has 3 aromatic rings. The summed E-state index contributed by atoms with van der Waals surface area (Å²) in [6, 6.07) is 12.4. The number of hydrogen-bond acceptors (Lipinski definition) is 3. The molecule has 4 heteroatoms. The molecule has 0 bridgehead atoms. The second kappa shape index (κ2) is 7.19. The predicted molar refractivity (Wildman–Crippen MR) is 107 cm³/mol. The van der Waals surface area contributed by atoms with E-state index < -0.39 is 0 Å². The van der Waals surface area contributed by atoms with Crippen molar-refractivity contribution < 1.29 is 4.79 Å². The van der Waals surface area contributed by atoms with Gasteiger partial charge in [-0.1, -0.05) is 55.5 Å². The van der Waals surface area contributed by atoms with Crippen molar-refractivity contribution in [2.24, 2.45) is 0 Å². The molecule has 0 unspecified atom stereocenters. The summed E-state index contributed by atoms with van der Waals surface area (Å²) in [6.07, 6.45) is 3.37. The highest BCUT2D eigenvalue weighted by Gasteiger charge is 2.09. The van der Waals surface area contributed by atoms with Gasteiger partial charge in [0, 0.05) is 6.08 Å². The van der Waals surface area contributed by atoms with E-state index in [0.29, 0.717) is 11.0 Å². The number of thiazole rings is 1. The molecule has 2 aromatic carbocycles. The van der Waals surface area contributed by atoms with Crippen molar-refractivity contribution in [3.8, 4) is 0 Å². The monoisotopic (exact) mass is 350 g/mol. The Kier molecular flexibility index (Phi) is 5.00. The summed E-state index contributed by atoms with van der Waals surface area (Å²) in [6.45, 7) is 8.46. The zero-order valence-electron chi connectivity index (χ0n) is 15.0. The largest absolute Gasteiger partial charge is 0.298 e. The summed E-state index contributed by atoms with van der Waals surface area (Å²) in [4.78, 5) is 16.7. The second-order valence-corrected chi connectivity index (χ2v) is 7.55. The van der Waals surface area contributed by atoms with Gasteiger partial charge in [0.2, 0.25) is 5.91 Å². The zero-order chi connectivity index (χ0) is 18.0.